The molecule has 2 rings (SSSR count). The van der Waals surface area contributed by atoms with Crippen molar-refractivity contribution in [1.29, 1.82) is 0 Å². The van der Waals surface area contributed by atoms with Crippen LogP contribution in [0.1, 0.15) is 18.1 Å². The average molecular weight is 379 g/mol. The molecular weight excluding hydrogens is 352 g/mol. The van der Waals surface area contributed by atoms with Crippen LogP contribution in [0.5, 0.6) is 11.5 Å². The number of halogens is 1. The fraction of sp³-hybridized carbons (Fsp3) is 0.400. The molecule has 0 aliphatic carbocycles. The Bertz CT molecular complexity index is 680. The van der Waals surface area contributed by atoms with Crippen LogP contribution in [0.4, 0.5) is 0 Å². The number of methoxy groups -OCH3 is 1. The highest BCUT2D eigenvalue weighted by atomic mass is 35.5. The van der Waals surface area contributed by atoms with Gasteiger partial charge in [0, 0.05) is 31.2 Å². The zero-order valence-corrected chi connectivity index (χ0v) is 16.1. The van der Waals surface area contributed by atoms with E-state index in [4.69, 9.17) is 21.1 Å². The molecule has 1 atom stereocenters. The lowest BCUT2D eigenvalue weighted by atomic mass is 10.2. The van der Waals surface area contributed by atoms with E-state index in [-0.39, 0.29) is 6.10 Å². The highest BCUT2D eigenvalue weighted by Crippen LogP contribution is 2.29. The second-order valence-electron chi connectivity index (χ2n) is 6.13. The summed E-state index contributed by atoms with van der Waals surface area (Å²) in [6.45, 7) is 5.17. The molecule has 0 radical (unpaired) electrons. The Hall–Kier alpha value is -1.79. The lowest BCUT2D eigenvalue weighted by molar-refractivity contribution is 0.191. The number of benzene rings is 2. The number of nitrogens with one attached hydrogen (secondary N) is 2. The highest BCUT2D eigenvalue weighted by Gasteiger charge is 2.06. The zero-order valence-electron chi connectivity index (χ0n) is 15.3. The normalized spacial score (nSPS) is 12.0. The first-order valence-corrected chi connectivity index (χ1v) is 9.10. The van der Waals surface area contributed by atoms with Crippen molar-refractivity contribution in [2.45, 2.75) is 26.2 Å². The van der Waals surface area contributed by atoms with Gasteiger partial charge in [-0.25, -0.2) is 0 Å². The second-order valence-corrected chi connectivity index (χ2v) is 6.57. The third-order valence-corrected chi connectivity index (χ3v) is 3.99. The van der Waals surface area contributed by atoms with Gasteiger partial charge in [0.2, 0.25) is 0 Å². The van der Waals surface area contributed by atoms with Crippen LogP contribution in [0.25, 0.3) is 0 Å². The van der Waals surface area contributed by atoms with Crippen molar-refractivity contribution < 1.29 is 14.6 Å². The van der Waals surface area contributed by atoms with Crippen molar-refractivity contribution in [2.75, 3.05) is 26.7 Å². The van der Waals surface area contributed by atoms with Crippen LogP contribution in [-0.4, -0.2) is 38.0 Å². The zero-order chi connectivity index (χ0) is 18.8. The van der Waals surface area contributed by atoms with E-state index in [9.17, 15) is 5.11 Å². The van der Waals surface area contributed by atoms with Gasteiger partial charge < -0.3 is 25.2 Å². The molecule has 0 aliphatic heterocycles. The van der Waals surface area contributed by atoms with Gasteiger partial charge in [0.25, 0.3) is 0 Å². The molecule has 0 bridgehead atoms. The van der Waals surface area contributed by atoms with Crippen LogP contribution in [0.3, 0.4) is 0 Å². The smallest absolute Gasteiger partial charge is 0.161 e. The summed E-state index contributed by atoms with van der Waals surface area (Å²) in [6, 6.07) is 13.5. The SMILES string of the molecule is COc1cc(CNCCNC[C@@H](C)O)ccc1OCc1cccc(Cl)c1. The van der Waals surface area contributed by atoms with E-state index in [1.54, 1.807) is 14.0 Å². The largest absolute Gasteiger partial charge is 0.493 e. The summed E-state index contributed by atoms with van der Waals surface area (Å²) >= 11 is 6.00. The van der Waals surface area contributed by atoms with Crippen molar-refractivity contribution in [1.82, 2.24) is 10.6 Å². The van der Waals surface area contributed by atoms with Crippen molar-refractivity contribution >= 4 is 11.6 Å². The van der Waals surface area contributed by atoms with E-state index in [0.29, 0.717) is 29.7 Å². The van der Waals surface area contributed by atoms with E-state index in [1.165, 1.54) is 0 Å². The predicted octanol–water partition coefficient (Wildman–Crippen LogP) is 2.99. The average Bonchev–Trinajstić information content (AvgIpc) is 2.63. The minimum absolute atomic E-state index is 0.321. The molecule has 0 amide bonds. The van der Waals surface area contributed by atoms with Gasteiger partial charge in [0.1, 0.15) is 6.61 Å². The topological polar surface area (TPSA) is 62.8 Å². The minimum atomic E-state index is -0.321. The number of aliphatic hydroxyl groups excluding tert-OH is 1. The summed E-state index contributed by atoms with van der Waals surface area (Å²) in [5.41, 5.74) is 2.13. The molecule has 5 nitrogen and oxygen atoms in total. The van der Waals surface area contributed by atoms with Gasteiger partial charge in [-0.2, -0.15) is 0 Å². The van der Waals surface area contributed by atoms with Crippen LogP contribution >= 0.6 is 11.6 Å². The van der Waals surface area contributed by atoms with E-state index < -0.39 is 0 Å². The maximum atomic E-state index is 9.19. The Morgan fingerprint density at radius 1 is 1.04 bits per heavy atom. The lowest BCUT2D eigenvalue weighted by Gasteiger charge is -2.13. The lowest BCUT2D eigenvalue weighted by Crippen LogP contribution is -2.31. The molecule has 0 saturated heterocycles. The summed E-state index contributed by atoms with van der Waals surface area (Å²) < 4.78 is 11.3. The molecule has 2 aromatic carbocycles. The first-order valence-electron chi connectivity index (χ1n) is 8.72. The maximum absolute atomic E-state index is 9.19. The van der Waals surface area contributed by atoms with Gasteiger partial charge in [-0.1, -0.05) is 29.8 Å². The van der Waals surface area contributed by atoms with Crippen molar-refractivity contribution in [2.24, 2.45) is 0 Å². The summed E-state index contributed by atoms with van der Waals surface area (Å²) in [6.07, 6.45) is -0.321. The third-order valence-electron chi connectivity index (χ3n) is 3.76. The summed E-state index contributed by atoms with van der Waals surface area (Å²) in [4.78, 5) is 0. The van der Waals surface area contributed by atoms with E-state index in [2.05, 4.69) is 10.6 Å². The van der Waals surface area contributed by atoms with Crippen molar-refractivity contribution in [3.63, 3.8) is 0 Å². The standard InChI is InChI=1S/C20H27ClN2O3/c1-15(24)12-22-8-9-23-13-16-6-7-19(20(11-16)25-2)26-14-17-4-3-5-18(21)10-17/h3-7,10-11,15,22-24H,8-9,12-14H2,1-2H3/t15-/m1/s1. The second kappa shape index (κ2) is 11.0. The number of ether oxygens (including phenoxy) is 2. The fourth-order valence-corrected chi connectivity index (χ4v) is 2.66. The maximum Gasteiger partial charge on any atom is 0.161 e. The highest BCUT2D eigenvalue weighted by molar-refractivity contribution is 6.30. The Balaban J connectivity index is 1.82. The van der Waals surface area contributed by atoms with Crippen molar-refractivity contribution in [3.05, 3.63) is 58.6 Å². The molecule has 142 valence electrons. The van der Waals surface area contributed by atoms with E-state index in [1.807, 2.05) is 42.5 Å². The van der Waals surface area contributed by atoms with Gasteiger partial charge >= 0.3 is 0 Å². The van der Waals surface area contributed by atoms with E-state index >= 15 is 0 Å². The van der Waals surface area contributed by atoms with Gasteiger partial charge in [0.05, 0.1) is 13.2 Å². The van der Waals surface area contributed by atoms with Crippen LogP contribution in [0.15, 0.2) is 42.5 Å². The van der Waals surface area contributed by atoms with Crippen LogP contribution in [-0.2, 0) is 13.2 Å². The molecule has 0 aliphatic rings. The Morgan fingerprint density at radius 3 is 2.58 bits per heavy atom. The molecule has 26 heavy (non-hydrogen) atoms. The Morgan fingerprint density at radius 2 is 1.85 bits per heavy atom. The predicted molar refractivity (Wildman–Crippen MR) is 105 cm³/mol. The quantitative estimate of drug-likeness (QED) is 0.525. The van der Waals surface area contributed by atoms with Gasteiger partial charge in [-0.05, 0) is 42.3 Å². The molecule has 3 N–H and O–H groups in total. The number of hydrogen-bond acceptors (Lipinski definition) is 5. The monoisotopic (exact) mass is 378 g/mol. The van der Waals surface area contributed by atoms with Crippen LogP contribution in [0.2, 0.25) is 5.02 Å². The summed E-state index contributed by atoms with van der Waals surface area (Å²) in [7, 11) is 1.64. The van der Waals surface area contributed by atoms with Crippen LogP contribution in [0, 0.1) is 0 Å². The Labute approximate surface area is 160 Å². The number of rotatable bonds is 11. The molecule has 0 aromatic heterocycles. The molecule has 0 saturated carbocycles. The van der Waals surface area contributed by atoms with Crippen molar-refractivity contribution in [3.8, 4) is 11.5 Å². The third kappa shape index (κ3) is 7.22. The Kier molecular flexibility index (Phi) is 8.71. The number of aliphatic hydroxyl groups is 1. The first kappa shape index (κ1) is 20.5. The molecule has 0 spiro atoms. The molecular formula is C20H27ClN2O3. The molecule has 2 aromatic rings. The van der Waals surface area contributed by atoms with Gasteiger partial charge in [-0.3, -0.25) is 0 Å². The van der Waals surface area contributed by atoms with Gasteiger partial charge in [-0.15, -0.1) is 0 Å². The summed E-state index contributed by atoms with van der Waals surface area (Å²) in [5.74, 6) is 1.41. The first-order chi connectivity index (χ1) is 12.6. The fourth-order valence-electron chi connectivity index (χ4n) is 2.45. The minimum Gasteiger partial charge on any atom is -0.493 e. The summed E-state index contributed by atoms with van der Waals surface area (Å²) in [5, 5.41) is 16.4. The van der Waals surface area contributed by atoms with Crippen LogP contribution < -0.4 is 20.1 Å². The molecule has 0 heterocycles. The van der Waals surface area contributed by atoms with E-state index in [0.717, 1.165) is 30.8 Å². The molecule has 0 unspecified atom stereocenters. The molecule has 6 heteroatoms. The van der Waals surface area contributed by atoms with Gasteiger partial charge in [0.15, 0.2) is 11.5 Å². The molecule has 0 fully saturated rings. The number of hydrogen-bond donors (Lipinski definition) is 3.